The molecule has 0 aliphatic heterocycles. The van der Waals surface area contributed by atoms with Gasteiger partial charge in [0.2, 0.25) is 0 Å². The summed E-state index contributed by atoms with van der Waals surface area (Å²) in [4.78, 5) is 11.8. The van der Waals surface area contributed by atoms with Crippen molar-refractivity contribution in [3.63, 3.8) is 0 Å². The molecule has 3 atom stereocenters. The Hall–Kier alpha value is -3.15. The number of unbranched alkanes of at least 4 members (excludes halogenated alkanes) is 1. The van der Waals surface area contributed by atoms with Crippen LogP contribution in [0.5, 0.6) is 0 Å². The summed E-state index contributed by atoms with van der Waals surface area (Å²) in [6.07, 6.45) is 5.31. The van der Waals surface area contributed by atoms with E-state index >= 15 is 0 Å². The van der Waals surface area contributed by atoms with Gasteiger partial charge in [0.05, 0.1) is 6.10 Å². The number of aliphatic hydroxyl groups is 1. The molecule has 37 heavy (non-hydrogen) atoms. The number of rotatable bonds is 15. The van der Waals surface area contributed by atoms with Crippen LogP contribution >= 0.6 is 0 Å². The molecule has 0 heterocycles. The smallest absolute Gasteiger partial charge is 0.407 e. The maximum Gasteiger partial charge on any atom is 0.407 e. The quantitative estimate of drug-likeness (QED) is 0.212. The van der Waals surface area contributed by atoms with Crippen LogP contribution in [0.3, 0.4) is 0 Å². The highest BCUT2D eigenvalue weighted by atomic mass is 16.5. The summed E-state index contributed by atoms with van der Waals surface area (Å²) in [6.45, 7) is 5.15. The van der Waals surface area contributed by atoms with E-state index in [2.05, 4.69) is 41.8 Å². The van der Waals surface area contributed by atoms with Gasteiger partial charge in [-0.05, 0) is 74.6 Å². The third-order valence-corrected chi connectivity index (χ3v) is 6.66. The molecule has 0 aliphatic rings. The first-order valence-corrected chi connectivity index (χ1v) is 13.5. The van der Waals surface area contributed by atoms with Crippen molar-refractivity contribution in [2.24, 2.45) is 0 Å². The molecule has 0 radical (unpaired) electrons. The van der Waals surface area contributed by atoms with Crippen LogP contribution in [0.15, 0.2) is 84.9 Å². The fraction of sp³-hybridized carbons (Fsp3) is 0.406. The van der Waals surface area contributed by atoms with Crippen LogP contribution in [0, 0.1) is 0 Å². The fourth-order valence-electron chi connectivity index (χ4n) is 4.47. The summed E-state index contributed by atoms with van der Waals surface area (Å²) in [5, 5.41) is 16.9. The average molecular weight is 503 g/mol. The summed E-state index contributed by atoms with van der Waals surface area (Å²) in [7, 11) is 0. The second-order valence-corrected chi connectivity index (χ2v) is 9.87. The SMILES string of the molecule is C[C@H](N[C@@H](C)CCCc1ccc(CCCCNC(=O)OCc2ccccc2)cc1)[C@H](O)c1ccccc1. The number of amides is 1. The molecule has 5 heteroatoms. The predicted octanol–water partition coefficient (Wildman–Crippen LogP) is 6.36. The molecule has 5 nitrogen and oxygen atoms in total. The molecule has 3 rings (SSSR count). The minimum absolute atomic E-state index is 0.00631. The first-order valence-electron chi connectivity index (χ1n) is 13.5. The second kappa shape index (κ2) is 15.9. The number of benzene rings is 3. The van der Waals surface area contributed by atoms with Gasteiger partial charge >= 0.3 is 6.09 Å². The molecule has 0 spiro atoms. The Labute approximate surface area is 222 Å². The van der Waals surface area contributed by atoms with Crippen molar-refractivity contribution < 1.29 is 14.6 Å². The Balaban J connectivity index is 1.24. The number of alkyl carbamates (subject to hydrolysis) is 1. The van der Waals surface area contributed by atoms with Crippen molar-refractivity contribution in [1.82, 2.24) is 10.6 Å². The highest BCUT2D eigenvalue weighted by Gasteiger charge is 2.17. The van der Waals surface area contributed by atoms with Gasteiger partial charge in [-0.3, -0.25) is 0 Å². The zero-order chi connectivity index (χ0) is 26.3. The lowest BCUT2D eigenvalue weighted by Crippen LogP contribution is -2.38. The van der Waals surface area contributed by atoms with Gasteiger partial charge in [0.25, 0.3) is 0 Å². The van der Waals surface area contributed by atoms with Crippen LogP contribution in [0.1, 0.15) is 67.9 Å². The minimum atomic E-state index is -0.500. The third kappa shape index (κ3) is 10.8. The van der Waals surface area contributed by atoms with E-state index in [4.69, 9.17) is 4.74 Å². The molecule has 0 saturated heterocycles. The highest BCUT2D eigenvalue weighted by molar-refractivity contribution is 5.67. The number of ether oxygens (including phenoxy) is 1. The van der Waals surface area contributed by atoms with Crippen molar-refractivity contribution in [1.29, 1.82) is 0 Å². The fourth-order valence-corrected chi connectivity index (χ4v) is 4.47. The highest BCUT2D eigenvalue weighted by Crippen LogP contribution is 2.17. The van der Waals surface area contributed by atoms with E-state index in [1.807, 2.05) is 67.6 Å². The zero-order valence-corrected chi connectivity index (χ0v) is 22.2. The van der Waals surface area contributed by atoms with E-state index in [1.165, 1.54) is 11.1 Å². The lowest BCUT2D eigenvalue weighted by Gasteiger charge is -2.24. The van der Waals surface area contributed by atoms with E-state index in [0.29, 0.717) is 19.2 Å². The van der Waals surface area contributed by atoms with Gasteiger partial charge in [0, 0.05) is 18.6 Å². The van der Waals surface area contributed by atoms with Gasteiger partial charge in [-0.1, -0.05) is 84.9 Å². The number of hydrogen-bond acceptors (Lipinski definition) is 4. The first-order chi connectivity index (χ1) is 18.0. The van der Waals surface area contributed by atoms with Crippen LogP contribution in [0.4, 0.5) is 4.79 Å². The topological polar surface area (TPSA) is 70.6 Å². The second-order valence-electron chi connectivity index (χ2n) is 9.87. The number of carbonyl (C=O) groups is 1. The van der Waals surface area contributed by atoms with Crippen LogP contribution in [-0.4, -0.2) is 29.8 Å². The molecule has 3 aromatic rings. The van der Waals surface area contributed by atoms with E-state index < -0.39 is 6.10 Å². The van der Waals surface area contributed by atoms with Crippen molar-refractivity contribution in [3.8, 4) is 0 Å². The van der Waals surface area contributed by atoms with Crippen molar-refractivity contribution in [3.05, 3.63) is 107 Å². The summed E-state index contributed by atoms with van der Waals surface area (Å²) in [5.41, 5.74) is 4.62. The van der Waals surface area contributed by atoms with Crippen LogP contribution in [0.2, 0.25) is 0 Å². The number of hydrogen-bond donors (Lipinski definition) is 3. The van der Waals surface area contributed by atoms with E-state index in [1.54, 1.807) is 0 Å². The molecule has 0 fully saturated rings. The van der Waals surface area contributed by atoms with Crippen molar-refractivity contribution in [2.75, 3.05) is 6.54 Å². The summed E-state index contributed by atoms with van der Waals surface area (Å²) in [5.74, 6) is 0. The Morgan fingerprint density at radius 2 is 1.38 bits per heavy atom. The predicted molar refractivity (Wildman–Crippen MR) is 150 cm³/mol. The van der Waals surface area contributed by atoms with Gasteiger partial charge in [-0.25, -0.2) is 4.79 Å². The lowest BCUT2D eigenvalue weighted by molar-refractivity contribution is 0.129. The standard InChI is InChI=1S/C32H42N2O3/c1-25(34-26(2)31(35)30-17-7-4-8-18-30)12-11-16-28-21-19-27(20-22-28)13-9-10-23-33-32(36)37-24-29-14-5-3-6-15-29/h3-8,14-15,17-22,25-26,31,34-35H,9-13,16,23-24H2,1-2H3,(H,33,36)/t25-,26-,31-/m0/s1. The number of aryl methyl sites for hydroxylation is 2. The maximum atomic E-state index is 11.8. The first kappa shape index (κ1) is 28.4. The summed E-state index contributed by atoms with van der Waals surface area (Å²) in [6, 6.07) is 28.8. The van der Waals surface area contributed by atoms with E-state index in [9.17, 15) is 9.90 Å². The van der Waals surface area contributed by atoms with E-state index in [-0.39, 0.29) is 12.1 Å². The van der Waals surface area contributed by atoms with Crippen LogP contribution in [-0.2, 0) is 24.2 Å². The van der Waals surface area contributed by atoms with Gasteiger partial charge in [-0.15, -0.1) is 0 Å². The molecule has 3 aromatic carbocycles. The van der Waals surface area contributed by atoms with Gasteiger partial charge in [-0.2, -0.15) is 0 Å². The average Bonchev–Trinajstić information content (AvgIpc) is 2.93. The molecule has 198 valence electrons. The summed E-state index contributed by atoms with van der Waals surface area (Å²) >= 11 is 0. The zero-order valence-electron chi connectivity index (χ0n) is 22.2. The van der Waals surface area contributed by atoms with Gasteiger partial charge in [0.15, 0.2) is 0 Å². The largest absolute Gasteiger partial charge is 0.445 e. The number of aliphatic hydroxyl groups excluding tert-OH is 1. The Morgan fingerprint density at radius 1 is 0.784 bits per heavy atom. The lowest BCUT2D eigenvalue weighted by atomic mass is 10.0. The maximum absolute atomic E-state index is 11.8. The molecule has 0 bridgehead atoms. The molecule has 0 aromatic heterocycles. The molecule has 1 amide bonds. The monoisotopic (exact) mass is 502 g/mol. The van der Waals surface area contributed by atoms with Crippen molar-refractivity contribution >= 4 is 6.09 Å². The Kier molecular flexibility index (Phi) is 12.2. The number of nitrogens with one attached hydrogen (secondary N) is 2. The molecular weight excluding hydrogens is 460 g/mol. The van der Waals surface area contributed by atoms with Gasteiger partial charge in [0.1, 0.15) is 6.61 Å². The Bertz CT molecular complexity index is 1020. The van der Waals surface area contributed by atoms with E-state index in [0.717, 1.165) is 49.7 Å². The minimum Gasteiger partial charge on any atom is -0.445 e. The molecular formula is C32H42N2O3. The van der Waals surface area contributed by atoms with Crippen LogP contribution in [0.25, 0.3) is 0 Å². The normalized spacial score (nSPS) is 13.5. The molecule has 0 unspecified atom stereocenters. The van der Waals surface area contributed by atoms with Crippen molar-refractivity contribution in [2.45, 2.75) is 77.2 Å². The molecule has 0 aliphatic carbocycles. The summed E-state index contributed by atoms with van der Waals surface area (Å²) < 4.78 is 5.24. The molecule has 0 saturated carbocycles. The number of carbonyl (C=O) groups excluding carboxylic acids is 1. The molecule has 3 N–H and O–H groups in total. The Morgan fingerprint density at radius 3 is 2.03 bits per heavy atom. The van der Waals surface area contributed by atoms with Crippen LogP contribution < -0.4 is 10.6 Å². The third-order valence-electron chi connectivity index (χ3n) is 6.66. The van der Waals surface area contributed by atoms with Gasteiger partial charge < -0.3 is 20.5 Å².